The van der Waals surface area contributed by atoms with Gasteiger partial charge in [0.05, 0.1) is 28.5 Å². The van der Waals surface area contributed by atoms with Gasteiger partial charge in [-0.1, -0.05) is 278 Å². The zero-order valence-electron chi connectivity index (χ0n) is 73.8. The standard InChI is InChI=1S/C113H113B2N7/c1-73-63-103-107-104(64-73)121(98-58-54-78(111(7,8)9)67-90(98)86-44-24-22-36-75(86)3)102-60-56-80(69-94(102)115(107)93-68-79(112(10,11)12)55-59-101(93)120(103)97-57-53-77(110(4,5)6)66-89(97)85-43-23-21-35-74(85)2)113(13,14)72-76-37-33-42-83(65-76)118(81-38-17-15-18-39-81)84-70-105-108-106(71-84)122(109-87(95-49-29-31-61-116-95)45-34-46-88(109)96-50-30-32-62-117-96)100-52-28-26-48-92(100)114(108)91-47-25-27-51-99(91)119(105)82-40-19-16-20-41-82/h16,19-32,34-36,40-41,43-64,66-71,76,81,83H,15,17-18,33,37-39,42,65,72H2,1-14H3. The van der Waals surface area contributed by atoms with Crippen molar-refractivity contribution in [1.82, 2.24) is 9.97 Å². The fourth-order valence-electron chi connectivity index (χ4n) is 22.1. The number of aromatic nitrogens is 2. The molecule has 7 nitrogen and oxygen atoms in total. The van der Waals surface area contributed by atoms with Crippen molar-refractivity contribution >= 4 is 120 Å². The lowest BCUT2D eigenvalue weighted by molar-refractivity contribution is 0.239. The van der Waals surface area contributed by atoms with E-state index in [1.165, 1.54) is 201 Å². The quantitative estimate of drug-likeness (QED) is 0.101. The SMILES string of the molecule is Cc1cc2c3c(c1)N(c1ccc(C(C)(C)C)cc1-c1ccccc1C)c1ccc(C(C)(C)CC4CCCC(N(c5cc6c7c(c5)N(c5c(-c8ccccn8)cccc5-c5ccccn5)c5ccccc5B7c5ccccc5N6c5ccccc5)C5CCCCC5)C4)cc1B3c1cc(C(C)(C)C)ccc1N2c1ccc(C(C)(C)C)cc1-c1ccccc1C. The van der Waals surface area contributed by atoms with E-state index in [1.807, 2.05) is 24.5 Å². The van der Waals surface area contributed by atoms with Crippen LogP contribution in [0.15, 0.2) is 291 Å². The van der Waals surface area contributed by atoms with Gasteiger partial charge in [0.2, 0.25) is 0 Å². The second kappa shape index (κ2) is 30.6. The summed E-state index contributed by atoms with van der Waals surface area (Å²) in [5.41, 5.74) is 41.3. The Labute approximate surface area is 725 Å². The van der Waals surface area contributed by atoms with Gasteiger partial charge >= 0.3 is 0 Å². The van der Waals surface area contributed by atoms with Gasteiger partial charge in [0, 0.05) is 104 Å². The first-order valence-electron chi connectivity index (χ1n) is 45.1. The zero-order chi connectivity index (χ0) is 83.8. The number of aryl methyl sites for hydroxylation is 3. The largest absolute Gasteiger partial charge is 0.365 e. The van der Waals surface area contributed by atoms with E-state index in [9.17, 15) is 0 Å². The molecule has 2 aliphatic carbocycles. The number of hydrogen-bond acceptors (Lipinski definition) is 7. The molecule has 2 aromatic heterocycles. The summed E-state index contributed by atoms with van der Waals surface area (Å²) in [7, 11) is 0. The minimum absolute atomic E-state index is 0.0384. The number of rotatable bonds is 14. The van der Waals surface area contributed by atoms with Crippen LogP contribution in [-0.2, 0) is 21.7 Å². The molecule has 4 aliphatic heterocycles. The molecule has 2 fully saturated rings. The van der Waals surface area contributed by atoms with Gasteiger partial charge in [-0.05, 0) is 272 Å². The molecule has 0 bridgehead atoms. The summed E-state index contributed by atoms with van der Waals surface area (Å²) in [6, 6.07) is 109. The number of nitrogens with zero attached hydrogens (tertiary/aromatic N) is 7. The van der Waals surface area contributed by atoms with Crippen molar-refractivity contribution in [1.29, 1.82) is 0 Å². The van der Waals surface area contributed by atoms with Crippen molar-refractivity contribution < 1.29 is 0 Å². The summed E-state index contributed by atoms with van der Waals surface area (Å²) in [4.78, 5) is 24.0. The van der Waals surface area contributed by atoms with E-state index in [1.54, 1.807) is 0 Å². The van der Waals surface area contributed by atoms with E-state index in [4.69, 9.17) is 9.97 Å². The van der Waals surface area contributed by atoms with Crippen LogP contribution in [0.1, 0.15) is 179 Å². The van der Waals surface area contributed by atoms with Crippen LogP contribution in [0.4, 0.5) is 73.9 Å². The van der Waals surface area contributed by atoms with Gasteiger partial charge in [0.25, 0.3) is 13.4 Å². The Morgan fingerprint density at radius 1 is 0.328 bits per heavy atom. The summed E-state index contributed by atoms with van der Waals surface area (Å²) < 4.78 is 0. The Morgan fingerprint density at radius 3 is 1.28 bits per heavy atom. The fourth-order valence-corrected chi connectivity index (χ4v) is 22.1. The maximum absolute atomic E-state index is 5.18. The molecule has 0 amide bonds. The molecule has 2 atom stereocenters. The van der Waals surface area contributed by atoms with Crippen LogP contribution in [0, 0.1) is 26.7 Å². The molecule has 20 rings (SSSR count). The lowest BCUT2D eigenvalue weighted by Crippen LogP contribution is -2.61. The number of pyridine rings is 2. The van der Waals surface area contributed by atoms with Crippen LogP contribution >= 0.6 is 0 Å². The average Bonchev–Trinajstić information content (AvgIpc) is 0.687. The highest BCUT2D eigenvalue weighted by atomic mass is 15.2. The van der Waals surface area contributed by atoms with E-state index in [2.05, 4.69) is 388 Å². The van der Waals surface area contributed by atoms with Crippen molar-refractivity contribution in [2.45, 2.75) is 195 Å². The van der Waals surface area contributed by atoms with Gasteiger partial charge in [-0.15, -0.1) is 0 Å². The third-order valence-corrected chi connectivity index (χ3v) is 28.2. The number of fused-ring (bicyclic) bond motifs is 8. The Hall–Kier alpha value is -11.9. The number of para-hydroxylation sites is 4. The van der Waals surface area contributed by atoms with Gasteiger partial charge in [-0.25, -0.2) is 0 Å². The molecular formula is C113H113B2N7. The van der Waals surface area contributed by atoms with E-state index >= 15 is 0 Å². The fraction of sp³-hybridized carbons (Fsp3) is 0.274. The molecule has 0 N–H and O–H groups in total. The van der Waals surface area contributed by atoms with Crippen LogP contribution in [0.3, 0.4) is 0 Å². The van der Waals surface area contributed by atoms with Crippen molar-refractivity contribution in [3.63, 3.8) is 0 Å². The maximum Gasteiger partial charge on any atom is 0.252 e. The Kier molecular flexibility index (Phi) is 19.7. The normalized spacial score (nSPS) is 16.2. The second-order valence-corrected chi connectivity index (χ2v) is 39.8. The molecule has 2 unspecified atom stereocenters. The molecule has 0 spiro atoms. The summed E-state index contributed by atoms with van der Waals surface area (Å²) in [5, 5.41) is 0. The Balaban J connectivity index is 0.756. The predicted octanol–water partition coefficient (Wildman–Crippen LogP) is 26.2. The number of anilines is 13. The number of hydrogen-bond donors (Lipinski definition) is 0. The van der Waals surface area contributed by atoms with E-state index in [0.29, 0.717) is 18.0 Å². The smallest absolute Gasteiger partial charge is 0.252 e. The van der Waals surface area contributed by atoms with Gasteiger partial charge in [-0.2, -0.15) is 0 Å². The highest BCUT2D eigenvalue weighted by molar-refractivity contribution is 7.01. The van der Waals surface area contributed by atoms with Crippen LogP contribution in [0.5, 0.6) is 0 Å². The topological polar surface area (TPSA) is 42.0 Å². The Bertz CT molecular complexity index is 6300. The van der Waals surface area contributed by atoms with E-state index < -0.39 is 0 Å². The summed E-state index contributed by atoms with van der Waals surface area (Å²) >= 11 is 0. The van der Waals surface area contributed by atoms with Gasteiger partial charge < -0.3 is 24.5 Å². The van der Waals surface area contributed by atoms with E-state index in [0.717, 1.165) is 53.2 Å². The van der Waals surface area contributed by atoms with Crippen LogP contribution in [0.2, 0.25) is 0 Å². The monoisotopic (exact) mass is 1590 g/mol. The second-order valence-electron chi connectivity index (χ2n) is 39.8. The summed E-state index contributed by atoms with van der Waals surface area (Å²) in [6.45, 7) is 33.3. The van der Waals surface area contributed by atoms with Gasteiger partial charge in [0.1, 0.15) is 0 Å². The van der Waals surface area contributed by atoms with Gasteiger partial charge in [-0.3, -0.25) is 9.97 Å². The summed E-state index contributed by atoms with van der Waals surface area (Å²) in [6.07, 6.45) is 15.7. The van der Waals surface area contributed by atoms with Crippen molar-refractivity contribution in [3.05, 3.63) is 330 Å². The molecule has 14 aromatic rings. The summed E-state index contributed by atoms with van der Waals surface area (Å²) in [5.74, 6) is 0.462. The zero-order valence-corrected chi connectivity index (χ0v) is 73.8. The number of benzene rings is 12. The van der Waals surface area contributed by atoms with Crippen LogP contribution in [-0.4, -0.2) is 35.5 Å². The highest BCUT2D eigenvalue weighted by Gasteiger charge is 2.49. The first-order valence-corrected chi connectivity index (χ1v) is 45.1. The predicted molar refractivity (Wildman–Crippen MR) is 521 cm³/mol. The molecule has 122 heavy (non-hydrogen) atoms. The lowest BCUT2D eigenvalue weighted by atomic mass is 9.33. The van der Waals surface area contributed by atoms with Gasteiger partial charge in [0.15, 0.2) is 0 Å². The molecule has 12 aromatic carbocycles. The molecule has 0 saturated heterocycles. The van der Waals surface area contributed by atoms with Crippen molar-refractivity contribution in [3.8, 4) is 44.8 Å². The molecule has 606 valence electrons. The highest BCUT2D eigenvalue weighted by Crippen LogP contribution is 2.55. The lowest BCUT2D eigenvalue weighted by Gasteiger charge is -2.48. The maximum atomic E-state index is 5.18. The van der Waals surface area contributed by atoms with Crippen molar-refractivity contribution in [2.75, 3.05) is 24.5 Å². The molecule has 6 heterocycles. The molecular weight excluding hydrogens is 1480 g/mol. The van der Waals surface area contributed by atoms with Crippen LogP contribution in [0.25, 0.3) is 44.8 Å². The molecule has 0 radical (unpaired) electrons. The third kappa shape index (κ3) is 13.7. The van der Waals surface area contributed by atoms with E-state index in [-0.39, 0.29) is 35.1 Å². The third-order valence-electron chi connectivity index (χ3n) is 28.2. The van der Waals surface area contributed by atoms with Crippen LogP contribution < -0.4 is 57.3 Å². The first-order chi connectivity index (χ1) is 58.9. The molecule has 9 heteroatoms. The first kappa shape index (κ1) is 78.6. The minimum atomic E-state index is -0.220. The van der Waals surface area contributed by atoms with Crippen molar-refractivity contribution in [2.24, 2.45) is 5.92 Å². The average molecular weight is 1590 g/mol. The Morgan fingerprint density at radius 2 is 0.754 bits per heavy atom. The minimum Gasteiger partial charge on any atom is -0.365 e. The molecule has 6 aliphatic rings. The molecule has 2 saturated carbocycles.